The maximum atomic E-state index is 10.4. The smallest absolute Gasteiger partial charge is 0.177 e. The van der Waals surface area contributed by atoms with Crippen molar-refractivity contribution in [3.63, 3.8) is 0 Å². The van der Waals surface area contributed by atoms with E-state index in [2.05, 4.69) is 37.9 Å². The first-order valence-electron chi connectivity index (χ1n) is 14.7. The van der Waals surface area contributed by atoms with E-state index >= 15 is 0 Å². The van der Waals surface area contributed by atoms with Crippen LogP contribution in [0.5, 0.6) is 0 Å². The minimum atomic E-state index is 0.324. The summed E-state index contributed by atoms with van der Waals surface area (Å²) in [6.07, 6.45) is 2.86. The Labute approximate surface area is 280 Å². The zero-order chi connectivity index (χ0) is 34.1. The maximum Gasteiger partial charge on any atom is 0.177 e. The topological polar surface area (TPSA) is 135 Å². The van der Waals surface area contributed by atoms with Gasteiger partial charge in [0.15, 0.2) is 17.2 Å². The zero-order valence-electron chi connectivity index (χ0n) is 25.3. The van der Waals surface area contributed by atoms with E-state index in [-0.39, 0.29) is 0 Å². The molecule has 0 amide bonds. The number of fused-ring (bicyclic) bond motifs is 3. The molecule has 2 aromatic heterocycles. The average molecular weight is 624 g/mol. The summed E-state index contributed by atoms with van der Waals surface area (Å²) in [6, 6.07) is 35.8. The fourth-order valence-corrected chi connectivity index (χ4v) is 5.95. The van der Waals surface area contributed by atoms with Gasteiger partial charge in [-0.25, -0.2) is 19.7 Å². The average Bonchev–Trinajstić information content (AvgIpc) is 3.49. The molecular formula is C40H17N9. The monoisotopic (exact) mass is 623 g/mol. The number of hydrogen-bond acceptors (Lipinski definition) is 6. The van der Waals surface area contributed by atoms with E-state index in [4.69, 9.17) is 18.4 Å². The molecule has 0 N–H and O–H groups in total. The van der Waals surface area contributed by atoms with E-state index in [1.54, 1.807) is 42.5 Å². The minimum absolute atomic E-state index is 0.324. The van der Waals surface area contributed by atoms with Gasteiger partial charge in [0.25, 0.3) is 0 Å². The molecule has 9 heteroatoms. The molecule has 2 heterocycles. The summed E-state index contributed by atoms with van der Waals surface area (Å²) in [6.45, 7) is 15.1. The van der Waals surface area contributed by atoms with Crippen LogP contribution in [0.25, 0.3) is 70.8 Å². The molecule has 49 heavy (non-hydrogen) atoms. The summed E-state index contributed by atoms with van der Waals surface area (Å²) in [5.74, 6) is 0.370. The van der Waals surface area contributed by atoms with Gasteiger partial charge in [-0.2, -0.15) is 21.0 Å². The molecule has 0 aliphatic carbocycles. The number of rotatable bonds is 4. The number of benzene rings is 5. The predicted molar refractivity (Wildman–Crippen MR) is 184 cm³/mol. The van der Waals surface area contributed by atoms with Crippen LogP contribution in [0.3, 0.4) is 0 Å². The van der Waals surface area contributed by atoms with Crippen LogP contribution in [0, 0.1) is 58.5 Å². The Balaban J connectivity index is 1.52. The van der Waals surface area contributed by atoms with Crippen LogP contribution in [0.1, 0.15) is 22.3 Å². The molecule has 7 aromatic rings. The molecule has 0 bridgehead atoms. The Kier molecular flexibility index (Phi) is 7.27. The molecule has 5 aromatic carbocycles. The highest BCUT2D eigenvalue weighted by Crippen LogP contribution is 2.39. The largest absolute Gasteiger partial charge is 0.308 e. The second kappa shape index (κ2) is 12.0. The third-order valence-corrected chi connectivity index (χ3v) is 8.18. The molecule has 9 nitrogen and oxygen atoms in total. The van der Waals surface area contributed by atoms with Crippen molar-refractivity contribution in [3.8, 4) is 63.6 Å². The van der Waals surface area contributed by atoms with Gasteiger partial charge in [-0.15, -0.1) is 0 Å². The Morgan fingerprint density at radius 1 is 0.510 bits per heavy atom. The lowest BCUT2D eigenvalue weighted by Gasteiger charge is -2.13. The molecular weight excluding hydrogens is 607 g/mol. The summed E-state index contributed by atoms with van der Waals surface area (Å²) >= 11 is 0. The van der Waals surface area contributed by atoms with Gasteiger partial charge in [-0.05, 0) is 70.8 Å². The lowest BCUT2D eigenvalue weighted by Crippen LogP contribution is -1.99. The summed E-state index contributed by atoms with van der Waals surface area (Å²) in [7, 11) is 0. The van der Waals surface area contributed by atoms with Gasteiger partial charge in [0, 0.05) is 28.7 Å². The fraction of sp³-hybridized carbons (Fsp3) is 0. The van der Waals surface area contributed by atoms with Gasteiger partial charge in [-0.1, -0.05) is 42.5 Å². The van der Waals surface area contributed by atoms with Crippen molar-refractivity contribution < 1.29 is 0 Å². The fourth-order valence-electron chi connectivity index (χ4n) is 5.95. The van der Waals surface area contributed by atoms with Crippen LogP contribution < -0.4 is 0 Å². The van der Waals surface area contributed by atoms with Crippen LogP contribution in [0.15, 0.2) is 103 Å². The maximum absolute atomic E-state index is 10.4. The van der Waals surface area contributed by atoms with Crippen LogP contribution in [-0.4, -0.2) is 14.5 Å². The number of aromatic nitrogens is 3. The van der Waals surface area contributed by atoms with Gasteiger partial charge in [0.1, 0.15) is 12.1 Å². The molecule has 0 unspecified atom stereocenters. The third-order valence-electron chi connectivity index (χ3n) is 8.18. The quantitative estimate of drug-likeness (QED) is 0.179. The highest BCUT2D eigenvalue weighted by atomic mass is 15.0. The third kappa shape index (κ3) is 5.21. The second-order valence-electron chi connectivity index (χ2n) is 11.0. The SMILES string of the molecule is [C-]#[N+]c1cc([N+]#[C-])cc(-c2ccc3c4ccc(-c5cc(C#N)cc(C#N)c5)cc4n(-c4ccc(-c5ncc(C#N)cn5)cc4C#N)c3c2)c1. The lowest BCUT2D eigenvalue weighted by atomic mass is 9.99. The number of nitrogens with zero attached hydrogens (tertiary/aromatic N) is 9. The van der Waals surface area contributed by atoms with Crippen molar-refractivity contribution >= 4 is 33.2 Å². The molecule has 0 aliphatic heterocycles. The first-order valence-corrected chi connectivity index (χ1v) is 14.7. The Bertz CT molecular complexity index is 2590. The van der Waals surface area contributed by atoms with E-state index in [1.807, 2.05) is 59.2 Å². The summed E-state index contributed by atoms with van der Waals surface area (Å²) < 4.78 is 1.99. The van der Waals surface area contributed by atoms with E-state index in [0.29, 0.717) is 61.8 Å². The molecule has 0 radical (unpaired) electrons. The molecule has 0 saturated heterocycles. The van der Waals surface area contributed by atoms with Crippen LogP contribution in [0.4, 0.5) is 11.4 Å². The van der Waals surface area contributed by atoms with Crippen LogP contribution in [0.2, 0.25) is 0 Å². The molecule has 222 valence electrons. The molecule has 0 atom stereocenters. The van der Waals surface area contributed by atoms with E-state index in [9.17, 15) is 15.8 Å². The standard InChI is InChI=1S/C40H17N9/c1-45-33-13-31(14-34(17-33)46-2)28-4-7-36-35-6-3-27(30-10-24(18-41)9-25(11-30)19-42)15-38(35)49(39(36)16-28)37-8-5-29(12-32(37)21-44)40-47-22-26(20-43)23-48-40/h3-17,22-23H. The van der Waals surface area contributed by atoms with Gasteiger partial charge in [-0.3, -0.25) is 0 Å². The van der Waals surface area contributed by atoms with Crippen molar-refractivity contribution in [3.05, 3.63) is 148 Å². The molecule has 0 aliphatic rings. The highest BCUT2D eigenvalue weighted by Gasteiger charge is 2.18. The normalized spacial score (nSPS) is 10.3. The Morgan fingerprint density at radius 3 is 1.55 bits per heavy atom. The molecule has 7 rings (SSSR count). The summed E-state index contributed by atoms with van der Waals surface area (Å²) in [5, 5.41) is 40.6. The molecule has 0 saturated carbocycles. The lowest BCUT2D eigenvalue weighted by molar-refractivity contribution is 1.14. The second-order valence-corrected chi connectivity index (χ2v) is 11.0. The first-order chi connectivity index (χ1) is 24.0. The minimum Gasteiger partial charge on any atom is -0.308 e. The van der Waals surface area contributed by atoms with Gasteiger partial charge in [0.05, 0.1) is 64.3 Å². The summed E-state index contributed by atoms with van der Waals surface area (Å²) in [4.78, 5) is 15.7. The number of hydrogen-bond donors (Lipinski definition) is 0. The molecule has 0 spiro atoms. The summed E-state index contributed by atoms with van der Waals surface area (Å²) in [5.41, 5.74) is 7.86. The van der Waals surface area contributed by atoms with Gasteiger partial charge >= 0.3 is 0 Å². The van der Waals surface area contributed by atoms with Crippen molar-refractivity contribution in [2.45, 2.75) is 0 Å². The van der Waals surface area contributed by atoms with E-state index in [0.717, 1.165) is 32.9 Å². The van der Waals surface area contributed by atoms with Crippen molar-refractivity contribution in [2.24, 2.45) is 0 Å². The van der Waals surface area contributed by atoms with Gasteiger partial charge in [0.2, 0.25) is 0 Å². The van der Waals surface area contributed by atoms with Crippen LogP contribution >= 0.6 is 0 Å². The van der Waals surface area contributed by atoms with Crippen molar-refractivity contribution in [1.82, 2.24) is 14.5 Å². The van der Waals surface area contributed by atoms with E-state index in [1.165, 1.54) is 12.4 Å². The number of nitriles is 4. The Hall–Kier alpha value is -8.08. The van der Waals surface area contributed by atoms with E-state index < -0.39 is 0 Å². The van der Waals surface area contributed by atoms with Crippen molar-refractivity contribution in [2.75, 3.05) is 0 Å². The first kappa shape index (κ1) is 29.6. The highest BCUT2D eigenvalue weighted by molar-refractivity contribution is 6.11. The molecule has 0 fully saturated rings. The Morgan fingerprint density at radius 2 is 1.04 bits per heavy atom. The predicted octanol–water partition coefficient (Wildman–Crippen LogP) is 9.16. The van der Waals surface area contributed by atoms with Gasteiger partial charge < -0.3 is 4.57 Å². The zero-order valence-corrected chi connectivity index (χ0v) is 25.3. The van der Waals surface area contributed by atoms with Crippen LogP contribution in [-0.2, 0) is 0 Å². The van der Waals surface area contributed by atoms with Crippen molar-refractivity contribution in [1.29, 1.82) is 21.0 Å².